The predicted molar refractivity (Wildman–Crippen MR) is 54.6 cm³/mol. The maximum Gasteiger partial charge on any atom is 0.417 e. The molecule has 0 radical (unpaired) electrons. The molecular formula is C12H6F5N. The monoisotopic (exact) mass is 259 g/mol. The molecule has 2 rings (SSSR count). The highest BCUT2D eigenvalue weighted by atomic mass is 19.4. The fourth-order valence-electron chi connectivity index (χ4n) is 1.39. The van der Waals surface area contributed by atoms with Gasteiger partial charge in [0.15, 0.2) is 11.6 Å². The van der Waals surface area contributed by atoms with Crippen LogP contribution in [0.4, 0.5) is 22.0 Å². The van der Waals surface area contributed by atoms with E-state index in [0.29, 0.717) is 6.20 Å². The molecule has 0 aliphatic heterocycles. The zero-order valence-electron chi connectivity index (χ0n) is 8.80. The maximum atomic E-state index is 13.0. The van der Waals surface area contributed by atoms with Gasteiger partial charge in [0.1, 0.15) is 0 Å². The molecule has 0 bridgehead atoms. The lowest BCUT2D eigenvalue weighted by Gasteiger charge is -2.07. The van der Waals surface area contributed by atoms with Gasteiger partial charge in [0.25, 0.3) is 0 Å². The Morgan fingerprint density at radius 1 is 0.889 bits per heavy atom. The normalized spacial score (nSPS) is 11.6. The number of aromatic nitrogens is 1. The van der Waals surface area contributed by atoms with Crippen LogP contribution in [0.1, 0.15) is 5.56 Å². The first-order valence-corrected chi connectivity index (χ1v) is 4.86. The second-order valence-corrected chi connectivity index (χ2v) is 3.56. The summed E-state index contributed by atoms with van der Waals surface area (Å²) in [5.74, 6) is -2.10. The molecule has 94 valence electrons. The molecule has 0 saturated carbocycles. The average Bonchev–Trinajstić information content (AvgIpc) is 2.32. The van der Waals surface area contributed by atoms with Gasteiger partial charge in [-0.05, 0) is 30.3 Å². The summed E-state index contributed by atoms with van der Waals surface area (Å²) < 4.78 is 62.5. The van der Waals surface area contributed by atoms with Gasteiger partial charge in [-0.15, -0.1) is 0 Å². The Balaban J connectivity index is 2.37. The first-order chi connectivity index (χ1) is 8.38. The zero-order chi connectivity index (χ0) is 13.3. The second kappa shape index (κ2) is 4.36. The number of hydrogen-bond donors (Lipinski definition) is 0. The van der Waals surface area contributed by atoms with Crippen LogP contribution in [0.3, 0.4) is 0 Å². The zero-order valence-corrected chi connectivity index (χ0v) is 8.80. The van der Waals surface area contributed by atoms with Gasteiger partial charge in [0.2, 0.25) is 0 Å². The Hall–Kier alpha value is -1.98. The first kappa shape index (κ1) is 12.5. The highest BCUT2D eigenvalue weighted by molar-refractivity contribution is 5.59. The minimum Gasteiger partial charge on any atom is -0.256 e. The Labute approximate surface area is 98.9 Å². The van der Waals surface area contributed by atoms with Crippen LogP contribution in [0, 0.1) is 11.6 Å². The van der Waals surface area contributed by atoms with Crippen molar-refractivity contribution in [1.29, 1.82) is 0 Å². The summed E-state index contributed by atoms with van der Waals surface area (Å²) in [5.41, 5.74) is -0.543. The molecule has 0 unspecified atom stereocenters. The molecular weight excluding hydrogens is 253 g/mol. The third-order valence-corrected chi connectivity index (χ3v) is 2.31. The van der Waals surface area contributed by atoms with E-state index >= 15 is 0 Å². The van der Waals surface area contributed by atoms with Crippen molar-refractivity contribution in [2.75, 3.05) is 0 Å². The molecule has 0 spiro atoms. The lowest BCUT2D eigenvalue weighted by atomic mass is 10.1. The Morgan fingerprint density at radius 3 is 2.11 bits per heavy atom. The number of nitrogens with zero attached hydrogens (tertiary/aromatic N) is 1. The summed E-state index contributed by atoms with van der Waals surface area (Å²) in [6.45, 7) is 0. The van der Waals surface area contributed by atoms with Crippen molar-refractivity contribution in [3.63, 3.8) is 0 Å². The van der Waals surface area contributed by atoms with Crippen LogP contribution in [-0.2, 0) is 6.18 Å². The van der Waals surface area contributed by atoms with Crippen molar-refractivity contribution >= 4 is 0 Å². The molecule has 1 nitrogen and oxygen atoms in total. The quantitative estimate of drug-likeness (QED) is 0.704. The van der Waals surface area contributed by atoms with Gasteiger partial charge in [0, 0.05) is 11.8 Å². The van der Waals surface area contributed by atoms with E-state index < -0.39 is 23.4 Å². The molecule has 0 aliphatic carbocycles. The highest BCUT2D eigenvalue weighted by Gasteiger charge is 2.30. The highest BCUT2D eigenvalue weighted by Crippen LogP contribution is 2.29. The van der Waals surface area contributed by atoms with Gasteiger partial charge in [-0.1, -0.05) is 0 Å². The minimum absolute atomic E-state index is 0.141. The van der Waals surface area contributed by atoms with E-state index in [4.69, 9.17) is 0 Å². The number of pyridine rings is 1. The average molecular weight is 259 g/mol. The van der Waals surface area contributed by atoms with Crippen molar-refractivity contribution in [2.24, 2.45) is 0 Å². The fraction of sp³-hybridized carbons (Fsp3) is 0.0833. The smallest absolute Gasteiger partial charge is 0.256 e. The van der Waals surface area contributed by atoms with Crippen LogP contribution in [0.5, 0.6) is 0 Å². The van der Waals surface area contributed by atoms with E-state index in [1.54, 1.807) is 0 Å². The minimum atomic E-state index is -4.47. The topological polar surface area (TPSA) is 12.9 Å². The Kier molecular flexibility index (Phi) is 3.02. The Bertz CT molecular complexity index is 560. The van der Waals surface area contributed by atoms with Gasteiger partial charge in [-0.2, -0.15) is 13.2 Å². The van der Waals surface area contributed by atoms with Gasteiger partial charge < -0.3 is 0 Å². The predicted octanol–water partition coefficient (Wildman–Crippen LogP) is 4.05. The third kappa shape index (κ3) is 2.47. The van der Waals surface area contributed by atoms with Crippen molar-refractivity contribution in [2.45, 2.75) is 6.18 Å². The fourth-order valence-corrected chi connectivity index (χ4v) is 1.39. The van der Waals surface area contributed by atoms with E-state index in [9.17, 15) is 22.0 Å². The second-order valence-electron chi connectivity index (χ2n) is 3.56. The number of rotatable bonds is 1. The molecule has 6 heteroatoms. The van der Waals surface area contributed by atoms with Crippen LogP contribution < -0.4 is 0 Å². The summed E-state index contributed by atoms with van der Waals surface area (Å²) in [6.07, 6.45) is -3.82. The number of alkyl halides is 3. The van der Waals surface area contributed by atoms with E-state index in [2.05, 4.69) is 4.98 Å². The van der Waals surface area contributed by atoms with E-state index in [1.165, 1.54) is 6.07 Å². The molecule has 2 aromatic rings. The lowest BCUT2D eigenvalue weighted by Crippen LogP contribution is -2.05. The molecule has 0 N–H and O–H groups in total. The van der Waals surface area contributed by atoms with Crippen LogP contribution in [0.15, 0.2) is 36.5 Å². The number of halogens is 5. The summed E-state index contributed by atoms with van der Waals surface area (Å²) in [6, 6.07) is 4.96. The molecule has 1 heterocycles. The molecule has 0 atom stereocenters. The Morgan fingerprint density at radius 2 is 1.61 bits per heavy atom. The standard InChI is InChI=1S/C12H6F5N/c13-9-3-1-7(5-10(9)14)11-4-2-8(6-18-11)12(15,16)17/h1-6H. The van der Waals surface area contributed by atoms with Crippen molar-refractivity contribution < 1.29 is 22.0 Å². The first-order valence-electron chi connectivity index (χ1n) is 4.86. The van der Waals surface area contributed by atoms with Gasteiger partial charge in [-0.25, -0.2) is 8.78 Å². The molecule has 0 aliphatic rings. The summed E-state index contributed by atoms with van der Waals surface area (Å²) in [7, 11) is 0. The summed E-state index contributed by atoms with van der Waals surface area (Å²) in [5, 5.41) is 0. The van der Waals surface area contributed by atoms with Crippen LogP contribution >= 0.6 is 0 Å². The largest absolute Gasteiger partial charge is 0.417 e. The van der Waals surface area contributed by atoms with Gasteiger partial charge in [-0.3, -0.25) is 4.98 Å². The molecule has 18 heavy (non-hydrogen) atoms. The van der Waals surface area contributed by atoms with Crippen LogP contribution in [0.25, 0.3) is 11.3 Å². The number of benzene rings is 1. The number of hydrogen-bond acceptors (Lipinski definition) is 1. The lowest BCUT2D eigenvalue weighted by molar-refractivity contribution is -0.137. The molecule has 0 fully saturated rings. The van der Waals surface area contributed by atoms with E-state index in [-0.39, 0.29) is 11.3 Å². The summed E-state index contributed by atoms with van der Waals surface area (Å²) in [4.78, 5) is 3.58. The van der Waals surface area contributed by atoms with E-state index in [0.717, 1.165) is 24.3 Å². The van der Waals surface area contributed by atoms with Crippen molar-refractivity contribution in [1.82, 2.24) is 4.98 Å². The summed E-state index contributed by atoms with van der Waals surface area (Å²) >= 11 is 0. The van der Waals surface area contributed by atoms with Gasteiger partial charge in [0.05, 0.1) is 11.3 Å². The van der Waals surface area contributed by atoms with Crippen molar-refractivity contribution in [3.8, 4) is 11.3 Å². The SMILES string of the molecule is Fc1ccc(-c2ccc(C(F)(F)F)cn2)cc1F. The van der Waals surface area contributed by atoms with Crippen molar-refractivity contribution in [3.05, 3.63) is 53.7 Å². The van der Waals surface area contributed by atoms with Gasteiger partial charge >= 0.3 is 6.18 Å². The third-order valence-electron chi connectivity index (χ3n) is 2.31. The van der Waals surface area contributed by atoms with Crippen LogP contribution in [0.2, 0.25) is 0 Å². The maximum absolute atomic E-state index is 13.0. The molecule has 0 saturated heterocycles. The molecule has 0 amide bonds. The molecule has 1 aromatic heterocycles. The van der Waals surface area contributed by atoms with E-state index in [1.807, 2.05) is 0 Å². The molecule has 1 aromatic carbocycles. The van der Waals surface area contributed by atoms with Crippen LogP contribution in [-0.4, -0.2) is 4.98 Å².